The number of nitrogens with zero attached hydrogens (tertiary/aromatic N) is 3. The Morgan fingerprint density at radius 2 is 1.55 bits per heavy atom. The van der Waals surface area contributed by atoms with Crippen LogP contribution in [0.25, 0.3) is 11.4 Å². The molecule has 0 spiro atoms. The van der Waals surface area contributed by atoms with E-state index in [-0.39, 0.29) is 5.91 Å². The van der Waals surface area contributed by atoms with Gasteiger partial charge in [-0.05, 0) is 29.8 Å². The third-order valence-corrected chi connectivity index (χ3v) is 5.57. The minimum Gasteiger partial charge on any atom is -0.322 e. The fourth-order valence-electron chi connectivity index (χ4n) is 2.90. The molecule has 0 aliphatic heterocycles. The number of aromatic nitrogens is 3. The summed E-state index contributed by atoms with van der Waals surface area (Å²) in [6.45, 7) is 0. The molecule has 0 saturated carbocycles. The summed E-state index contributed by atoms with van der Waals surface area (Å²) < 4.78 is 2.00. The topological polar surface area (TPSA) is 59.8 Å². The van der Waals surface area contributed by atoms with Gasteiger partial charge in [0.25, 0.3) is 5.91 Å². The number of nitrogens with one attached hydrogen (secondary N) is 1. The number of carbonyl (C=O) groups is 1. The maximum atomic E-state index is 12.3. The van der Waals surface area contributed by atoms with Crippen LogP contribution in [0.4, 0.5) is 5.69 Å². The first-order valence-electron chi connectivity index (χ1n) is 9.23. The van der Waals surface area contributed by atoms with E-state index in [4.69, 9.17) is 0 Å². The van der Waals surface area contributed by atoms with Crippen molar-refractivity contribution < 1.29 is 4.79 Å². The van der Waals surface area contributed by atoms with Gasteiger partial charge in [0, 0.05) is 29.6 Å². The van der Waals surface area contributed by atoms with E-state index in [2.05, 4.69) is 15.5 Å². The molecule has 0 saturated heterocycles. The van der Waals surface area contributed by atoms with Crippen LogP contribution >= 0.6 is 11.8 Å². The molecule has 1 aromatic heterocycles. The van der Waals surface area contributed by atoms with Gasteiger partial charge in [0.1, 0.15) is 0 Å². The van der Waals surface area contributed by atoms with Crippen molar-refractivity contribution in [2.45, 2.75) is 10.9 Å². The molecule has 0 aliphatic rings. The Morgan fingerprint density at radius 3 is 2.24 bits per heavy atom. The summed E-state index contributed by atoms with van der Waals surface area (Å²) in [5, 5.41) is 12.4. The summed E-state index contributed by atoms with van der Waals surface area (Å²) in [4.78, 5) is 12.3. The second-order valence-electron chi connectivity index (χ2n) is 6.54. The van der Waals surface area contributed by atoms with Gasteiger partial charge >= 0.3 is 0 Å². The van der Waals surface area contributed by atoms with Crippen LogP contribution in [0.1, 0.15) is 15.9 Å². The molecule has 3 aromatic carbocycles. The quantitative estimate of drug-likeness (QED) is 0.461. The molecule has 1 heterocycles. The van der Waals surface area contributed by atoms with Crippen LogP contribution in [0.2, 0.25) is 0 Å². The van der Waals surface area contributed by atoms with Gasteiger partial charge in [0.05, 0.1) is 0 Å². The zero-order valence-electron chi connectivity index (χ0n) is 15.9. The lowest BCUT2D eigenvalue weighted by molar-refractivity contribution is 0.102. The second-order valence-corrected chi connectivity index (χ2v) is 7.48. The van der Waals surface area contributed by atoms with Gasteiger partial charge in [-0.3, -0.25) is 4.79 Å². The van der Waals surface area contributed by atoms with E-state index in [0.717, 1.165) is 33.5 Å². The Hall–Kier alpha value is -3.38. The Morgan fingerprint density at radius 1 is 0.897 bits per heavy atom. The zero-order chi connectivity index (χ0) is 20.1. The predicted molar refractivity (Wildman–Crippen MR) is 117 cm³/mol. The highest BCUT2D eigenvalue weighted by Gasteiger charge is 2.11. The van der Waals surface area contributed by atoms with E-state index in [0.29, 0.717) is 5.56 Å². The molecule has 0 unspecified atom stereocenters. The fourth-order valence-corrected chi connectivity index (χ4v) is 3.77. The van der Waals surface area contributed by atoms with Crippen LogP contribution in [0.15, 0.2) is 90.1 Å². The first-order chi connectivity index (χ1) is 14.2. The van der Waals surface area contributed by atoms with Crippen LogP contribution in [0.3, 0.4) is 0 Å². The molecular weight excluding hydrogens is 380 g/mol. The highest BCUT2D eigenvalue weighted by atomic mass is 32.2. The first kappa shape index (κ1) is 19.0. The van der Waals surface area contributed by atoms with Gasteiger partial charge in [-0.25, -0.2) is 0 Å². The minimum absolute atomic E-state index is 0.115. The van der Waals surface area contributed by atoms with Gasteiger partial charge in [-0.1, -0.05) is 72.4 Å². The predicted octanol–water partition coefficient (Wildman–Crippen LogP) is 5.03. The summed E-state index contributed by atoms with van der Waals surface area (Å²) in [6.07, 6.45) is 0. The molecule has 1 amide bonds. The van der Waals surface area contributed by atoms with Gasteiger partial charge in [-0.15, -0.1) is 10.2 Å². The average molecular weight is 401 g/mol. The first-order valence-corrected chi connectivity index (χ1v) is 10.2. The molecule has 1 N–H and O–H groups in total. The van der Waals surface area contributed by atoms with Crippen LogP contribution in [-0.2, 0) is 12.8 Å². The smallest absolute Gasteiger partial charge is 0.255 e. The maximum Gasteiger partial charge on any atom is 0.255 e. The van der Waals surface area contributed by atoms with Gasteiger partial charge in [-0.2, -0.15) is 0 Å². The second kappa shape index (κ2) is 8.75. The molecule has 29 heavy (non-hydrogen) atoms. The number of anilines is 1. The number of carbonyl (C=O) groups excluding carboxylic acids is 1. The van der Waals surface area contributed by atoms with Crippen molar-refractivity contribution in [3.63, 3.8) is 0 Å². The van der Waals surface area contributed by atoms with Crippen LogP contribution < -0.4 is 5.32 Å². The number of rotatable bonds is 6. The summed E-state index contributed by atoms with van der Waals surface area (Å²) in [5.41, 5.74) is 3.58. The standard InChI is InChI=1S/C23H20N4OS/c1-27-21(18-8-4-2-5-9-18)25-26-23(27)29-16-17-12-14-19(15-13-17)22(28)24-20-10-6-3-7-11-20/h2-15H,16H2,1H3,(H,24,28). The Bertz CT molecular complexity index is 1090. The highest BCUT2D eigenvalue weighted by molar-refractivity contribution is 7.98. The Balaban J connectivity index is 1.39. The molecular formula is C23H20N4OS. The third kappa shape index (κ3) is 4.55. The van der Waals surface area contributed by atoms with Crippen molar-refractivity contribution in [2.24, 2.45) is 7.05 Å². The minimum atomic E-state index is -0.115. The Labute approximate surface area is 173 Å². The van der Waals surface area contributed by atoms with Crippen molar-refractivity contribution in [1.82, 2.24) is 14.8 Å². The van der Waals surface area contributed by atoms with E-state index in [1.807, 2.05) is 96.5 Å². The molecule has 4 aromatic rings. The average Bonchev–Trinajstić information content (AvgIpc) is 3.14. The molecule has 5 nitrogen and oxygen atoms in total. The van der Waals surface area contributed by atoms with Crippen LogP contribution in [0, 0.1) is 0 Å². The SMILES string of the molecule is Cn1c(SCc2ccc(C(=O)Nc3ccccc3)cc2)nnc1-c1ccccc1. The molecule has 4 rings (SSSR count). The van der Waals surface area contributed by atoms with E-state index < -0.39 is 0 Å². The molecule has 0 bridgehead atoms. The number of para-hydroxylation sites is 1. The third-order valence-electron chi connectivity index (χ3n) is 4.48. The molecule has 144 valence electrons. The molecule has 0 fully saturated rings. The van der Waals surface area contributed by atoms with E-state index in [1.54, 1.807) is 11.8 Å². The zero-order valence-corrected chi connectivity index (χ0v) is 16.8. The van der Waals surface area contributed by atoms with E-state index >= 15 is 0 Å². The fraction of sp³-hybridized carbons (Fsp3) is 0.0870. The monoisotopic (exact) mass is 400 g/mol. The highest BCUT2D eigenvalue weighted by Crippen LogP contribution is 2.25. The summed E-state index contributed by atoms with van der Waals surface area (Å²) in [7, 11) is 1.97. The molecule has 0 aliphatic carbocycles. The number of hydrogen-bond acceptors (Lipinski definition) is 4. The number of amides is 1. The lowest BCUT2D eigenvalue weighted by atomic mass is 10.1. The summed E-state index contributed by atoms with van der Waals surface area (Å²) in [6, 6.07) is 27.1. The number of thioether (sulfide) groups is 1. The molecule has 0 radical (unpaired) electrons. The Kier molecular flexibility index (Phi) is 5.72. The van der Waals surface area contributed by atoms with E-state index in [9.17, 15) is 4.79 Å². The number of benzene rings is 3. The van der Waals surface area contributed by atoms with Crippen LogP contribution in [0.5, 0.6) is 0 Å². The largest absolute Gasteiger partial charge is 0.322 e. The van der Waals surface area contributed by atoms with Gasteiger partial charge in [0.2, 0.25) is 0 Å². The lowest BCUT2D eigenvalue weighted by Gasteiger charge is -2.07. The van der Waals surface area contributed by atoms with E-state index in [1.165, 1.54) is 0 Å². The van der Waals surface area contributed by atoms with Crippen molar-refractivity contribution in [3.8, 4) is 11.4 Å². The van der Waals surface area contributed by atoms with Crippen LogP contribution in [-0.4, -0.2) is 20.7 Å². The maximum absolute atomic E-state index is 12.3. The molecule has 0 atom stereocenters. The lowest BCUT2D eigenvalue weighted by Crippen LogP contribution is -2.11. The summed E-state index contributed by atoms with van der Waals surface area (Å²) in [5.74, 6) is 1.48. The van der Waals surface area contributed by atoms with Crippen molar-refractivity contribution in [1.29, 1.82) is 0 Å². The van der Waals surface area contributed by atoms with Gasteiger partial charge in [0.15, 0.2) is 11.0 Å². The van der Waals surface area contributed by atoms with Crippen molar-refractivity contribution in [3.05, 3.63) is 96.1 Å². The molecule has 6 heteroatoms. The summed E-state index contributed by atoms with van der Waals surface area (Å²) >= 11 is 1.62. The van der Waals surface area contributed by atoms with Crippen molar-refractivity contribution in [2.75, 3.05) is 5.32 Å². The van der Waals surface area contributed by atoms with Crippen molar-refractivity contribution >= 4 is 23.4 Å². The van der Waals surface area contributed by atoms with Gasteiger partial charge < -0.3 is 9.88 Å². The normalized spacial score (nSPS) is 10.7. The number of hydrogen-bond donors (Lipinski definition) is 1.